The number of para-hydroxylation sites is 1. The predicted octanol–water partition coefficient (Wildman–Crippen LogP) is 4.01. The van der Waals surface area contributed by atoms with Gasteiger partial charge in [0.05, 0.1) is 10.2 Å². The van der Waals surface area contributed by atoms with Crippen LogP contribution in [0.5, 0.6) is 0 Å². The van der Waals surface area contributed by atoms with Crippen molar-refractivity contribution in [1.29, 1.82) is 0 Å². The van der Waals surface area contributed by atoms with E-state index in [4.69, 9.17) is 0 Å². The number of aromatic carboxylic acids is 1. The van der Waals surface area contributed by atoms with Crippen LogP contribution in [0.1, 0.15) is 33.8 Å². The lowest BCUT2D eigenvalue weighted by Gasteiger charge is -2.38. The number of hydrogen-bond donors (Lipinski definition) is 2. The molecule has 1 aliphatic rings. The normalized spacial score (nSPS) is 13.7. The number of fused-ring (bicyclic) bond motifs is 1. The van der Waals surface area contributed by atoms with Crippen LogP contribution >= 0.6 is 22.7 Å². The lowest BCUT2D eigenvalue weighted by atomic mass is 9.97. The van der Waals surface area contributed by atoms with E-state index in [1.165, 1.54) is 29.6 Å². The fourth-order valence-corrected chi connectivity index (χ4v) is 5.65. The summed E-state index contributed by atoms with van der Waals surface area (Å²) >= 11 is 2.85. The zero-order valence-corrected chi connectivity index (χ0v) is 20.3. The highest BCUT2D eigenvalue weighted by atomic mass is 32.1. The SMILES string of the molecule is CC(=O)N1CC(c2sc(N(C)c3cc(C)c(Nc4nc5ccccc5s4)nn3)nc2C(=O)O)C1. The largest absolute Gasteiger partial charge is 0.476 e. The van der Waals surface area contributed by atoms with Crippen LogP contribution in [0.25, 0.3) is 10.2 Å². The Balaban J connectivity index is 1.36. The number of carbonyl (C=O) groups excluding carboxylic acids is 1. The van der Waals surface area contributed by atoms with Crippen molar-refractivity contribution < 1.29 is 14.7 Å². The van der Waals surface area contributed by atoms with Crippen LogP contribution in [0, 0.1) is 6.92 Å². The van der Waals surface area contributed by atoms with Gasteiger partial charge in [0.25, 0.3) is 0 Å². The highest BCUT2D eigenvalue weighted by molar-refractivity contribution is 7.22. The molecule has 10 nitrogen and oxygen atoms in total. The fraction of sp³-hybridized carbons (Fsp3) is 0.273. The van der Waals surface area contributed by atoms with Crippen molar-refractivity contribution in [1.82, 2.24) is 25.1 Å². The average Bonchev–Trinajstić information content (AvgIpc) is 3.37. The summed E-state index contributed by atoms with van der Waals surface area (Å²) in [6, 6.07) is 9.77. The van der Waals surface area contributed by atoms with Gasteiger partial charge in [-0.1, -0.05) is 23.5 Å². The van der Waals surface area contributed by atoms with Crippen LogP contribution in [0.3, 0.4) is 0 Å². The van der Waals surface area contributed by atoms with E-state index in [9.17, 15) is 14.7 Å². The van der Waals surface area contributed by atoms with Gasteiger partial charge in [-0.15, -0.1) is 21.5 Å². The molecular weight excluding hydrogens is 474 g/mol. The molecule has 0 spiro atoms. The number of aryl methyl sites for hydroxylation is 1. The summed E-state index contributed by atoms with van der Waals surface area (Å²) in [6.07, 6.45) is 0. The Hall–Kier alpha value is -3.64. The Morgan fingerprint density at radius 3 is 2.62 bits per heavy atom. The number of likely N-dealkylation sites (tertiary alicyclic amines) is 1. The van der Waals surface area contributed by atoms with Gasteiger partial charge in [0.1, 0.15) is 0 Å². The molecule has 174 valence electrons. The molecule has 1 amide bonds. The Morgan fingerprint density at radius 1 is 1.18 bits per heavy atom. The minimum absolute atomic E-state index is 0.0136. The van der Waals surface area contributed by atoms with Gasteiger partial charge in [0, 0.05) is 37.9 Å². The molecule has 4 aromatic rings. The van der Waals surface area contributed by atoms with E-state index < -0.39 is 5.97 Å². The second kappa shape index (κ2) is 8.61. The number of carboxylic acids is 1. The maximum Gasteiger partial charge on any atom is 0.355 e. The minimum Gasteiger partial charge on any atom is -0.476 e. The number of benzene rings is 1. The summed E-state index contributed by atoms with van der Waals surface area (Å²) in [5.41, 5.74) is 1.81. The summed E-state index contributed by atoms with van der Waals surface area (Å²) in [7, 11) is 1.78. The molecule has 1 aromatic carbocycles. The van der Waals surface area contributed by atoms with Crippen molar-refractivity contribution in [2.75, 3.05) is 30.4 Å². The summed E-state index contributed by atoms with van der Waals surface area (Å²) in [4.78, 5) is 36.3. The fourth-order valence-electron chi connectivity index (χ4n) is 3.68. The Morgan fingerprint density at radius 2 is 1.94 bits per heavy atom. The van der Waals surface area contributed by atoms with Crippen molar-refractivity contribution >= 4 is 66.7 Å². The van der Waals surface area contributed by atoms with Gasteiger partial charge < -0.3 is 20.2 Å². The van der Waals surface area contributed by atoms with Gasteiger partial charge in [-0.05, 0) is 30.7 Å². The number of thiazole rings is 2. The lowest BCUT2D eigenvalue weighted by Crippen LogP contribution is -2.47. The topological polar surface area (TPSA) is 124 Å². The highest BCUT2D eigenvalue weighted by Crippen LogP contribution is 2.38. The summed E-state index contributed by atoms with van der Waals surface area (Å²) in [5, 5.41) is 22.8. The van der Waals surface area contributed by atoms with Crippen molar-refractivity contribution in [3.05, 3.63) is 46.5 Å². The zero-order chi connectivity index (χ0) is 24.0. The molecule has 1 fully saturated rings. The number of carboxylic acid groups (broad SMARTS) is 1. The lowest BCUT2D eigenvalue weighted by molar-refractivity contribution is -0.133. The molecule has 5 rings (SSSR count). The molecule has 0 unspecified atom stereocenters. The molecule has 1 aliphatic heterocycles. The third-order valence-corrected chi connectivity index (χ3v) is 7.91. The summed E-state index contributed by atoms with van der Waals surface area (Å²) in [5.74, 6) is 0.0255. The number of nitrogens with one attached hydrogen (secondary N) is 1. The first-order valence-corrected chi connectivity index (χ1v) is 12.1. The van der Waals surface area contributed by atoms with E-state index in [2.05, 4.69) is 25.5 Å². The average molecular weight is 496 g/mol. The van der Waals surface area contributed by atoms with Crippen molar-refractivity contribution in [3.8, 4) is 0 Å². The standard InChI is InChI=1S/C22H21N7O3S2/c1-11-8-16(26-27-19(11)25-21-23-14-6-4-5-7-15(14)33-21)28(3)22-24-17(20(31)32)18(34-22)13-9-29(10-13)12(2)30/h4-8,13H,9-10H2,1-3H3,(H,31,32)(H,23,25,27). The van der Waals surface area contributed by atoms with Crippen LogP contribution < -0.4 is 10.2 Å². The maximum absolute atomic E-state index is 11.8. The van der Waals surface area contributed by atoms with Crippen molar-refractivity contribution in [2.45, 2.75) is 19.8 Å². The second-order valence-corrected chi connectivity index (χ2v) is 10.1. The second-order valence-electron chi connectivity index (χ2n) is 8.04. The van der Waals surface area contributed by atoms with E-state index in [1.54, 1.807) is 16.8 Å². The van der Waals surface area contributed by atoms with Crippen molar-refractivity contribution in [2.24, 2.45) is 0 Å². The van der Waals surface area contributed by atoms with Gasteiger partial charge in [0.15, 0.2) is 27.6 Å². The highest BCUT2D eigenvalue weighted by Gasteiger charge is 2.35. The first kappa shape index (κ1) is 22.2. The number of rotatable bonds is 6. The monoisotopic (exact) mass is 495 g/mol. The number of anilines is 4. The van der Waals surface area contributed by atoms with E-state index in [0.29, 0.717) is 34.7 Å². The van der Waals surface area contributed by atoms with Crippen LogP contribution in [-0.4, -0.2) is 62.2 Å². The smallest absolute Gasteiger partial charge is 0.355 e. The van der Waals surface area contributed by atoms with E-state index in [-0.39, 0.29) is 17.5 Å². The third-order valence-electron chi connectivity index (χ3n) is 5.66. The van der Waals surface area contributed by atoms with Gasteiger partial charge in [0.2, 0.25) is 5.91 Å². The molecule has 4 heterocycles. The summed E-state index contributed by atoms with van der Waals surface area (Å²) < 4.78 is 1.08. The number of nitrogens with zero attached hydrogens (tertiary/aromatic N) is 6. The molecule has 0 radical (unpaired) electrons. The number of amides is 1. The first-order valence-electron chi connectivity index (χ1n) is 10.5. The Labute approximate surface area is 202 Å². The van der Waals surface area contributed by atoms with Crippen LogP contribution in [0.2, 0.25) is 0 Å². The first-order chi connectivity index (χ1) is 16.3. The number of hydrogen-bond acceptors (Lipinski definition) is 10. The van der Waals surface area contributed by atoms with Crippen LogP contribution in [0.4, 0.5) is 21.9 Å². The molecule has 12 heteroatoms. The zero-order valence-electron chi connectivity index (χ0n) is 18.6. The summed E-state index contributed by atoms with van der Waals surface area (Å²) in [6.45, 7) is 4.44. The van der Waals surface area contributed by atoms with E-state index >= 15 is 0 Å². The quantitative estimate of drug-likeness (QED) is 0.408. The molecule has 3 aromatic heterocycles. The van der Waals surface area contributed by atoms with E-state index in [0.717, 1.165) is 20.9 Å². The Bertz CT molecular complexity index is 1380. The van der Waals surface area contributed by atoms with Gasteiger partial charge in [-0.2, -0.15) is 0 Å². The molecule has 0 atom stereocenters. The predicted molar refractivity (Wildman–Crippen MR) is 132 cm³/mol. The van der Waals surface area contributed by atoms with Gasteiger partial charge in [-0.25, -0.2) is 14.8 Å². The molecular formula is C22H21N7O3S2. The minimum atomic E-state index is -1.08. The maximum atomic E-state index is 11.8. The molecule has 0 aliphatic carbocycles. The van der Waals surface area contributed by atoms with Gasteiger partial charge >= 0.3 is 5.97 Å². The van der Waals surface area contributed by atoms with Crippen LogP contribution in [-0.2, 0) is 4.79 Å². The Kier molecular flexibility index (Phi) is 5.62. The third kappa shape index (κ3) is 4.05. The van der Waals surface area contributed by atoms with E-state index in [1.807, 2.05) is 37.3 Å². The number of aromatic nitrogens is 4. The molecule has 0 bridgehead atoms. The van der Waals surface area contributed by atoms with Gasteiger partial charge in [-0.3, -0.25) is 4.79 Å². The molecule has 2 N–H and O–H groups in total. The molecule has 34 heavy (non-hydrogen) atoms. The van der Waals surface area contributed by atoms with Crippen molar-refractivity contribution in [3.63, 3.8) is 0 Å². The van der Waals surface area contributed by atoms with Crippen LogP contribution in [0.15, 0.2) is 30.3 Å². The molecule has 0 saturated carbocycles. The molecule has 1 saturated heterocycles. The number of carbonyl (C=O) groups is 2.